The molecule has 6 amide bonds. The Balaban J connectivity index is 0.000000241. The van der Waals surface area contributed by atoms with Crippen LogP contribution in [0.3, 0.4) is 0 Å². The van der Waals surface area contributed by atoms with Crippen LogP contribution in [0.5, 0.6) is 17.2 Å². The predicted molar refractivity (Wildman–Crippen MR) is 474 cm³/mol. The van der Waals surface area contributed by atoms with E-state index in [1.807, 2.05) is 79.7 Å². The number of ether oxygens (including phenoxy) is 6. The van der Waals surface area contributed by atoms with Gasteiger partial charge in [-0.25, -0.2) is 41.3 Å². The van der Waals surface area contributed by atoms with E-state index in [0.717, 1.165) is 52.2 Å². The summed E-state index contributed by atoms with van der Waals surface area (Å²) in [7, 11) is -13.2. The molecule has 42 heteroatoms. The normalized spacial score (nSPS) is 25.2. The van der Waals surface area contributed by atoms with E-state index >= 15 is 13.2 Å². The van der Waals surface area contributed by atoms with Crippen LogP contribution in [0.2, 0.25) is 0 Å². The summed E-state index contributed by atoms with van der Waals surface area (Å²) in [5.41, 5.74) is -2.86. The number of alkyl halides is 3. The number of hydrogen-bond acceptors (Lipinski definition) is 27. The Kier molecular flexibility index (Phi) is 37.6. The molecule has 0 radical (unpaired) electrons. The maximum atomic E-state index is 15.7. The third-order valence-electron chi connectivity index (χ3n) is 19.4. The maximum absolute atomic E-state index is 15.7. The molecule has 0 aromatic heterocycles. The van der Waals surface area contributed by atoms with E-state index in [1.165, 1.54) is 100 Å². The van der Waals surface area contributed by atoms with Crippen molar-refractivity contribution < 1.29 is 141 Å². The number of urea groups is 3. The minimum Gasteiger partial charge on any atom is -0.462 e. The van der Waals surface area contributed by atoms with Gasteiger partial charge in [-0.3, -0.25) is 47.4 Å². The highest BCUT2D eigenvalue weighted by molar-refractivity contribution is 7.52. The number of hydrogen-bond donors (Lipinski definition) is 9. The number of ketones is 1. The fraction of sp³-hybridized carbons (Fsp3) is 0.378. The van der Waals surface area contributed by atoms with Crippen LogP contribution < -0.4 is 44.8 Å². The molecule has 0 saturated carbocycles. The lowest BCUT2D eigenvalue weighted by atomic mass is 9.98. The summed E-state index contributed by atoms with van der Waals surface area (Å²) in [4.78, 5) is 106. The lowest BCUT2D eigenvalue weighted by molar-refractivity contribution is -0.192. The SMILES string of the molecule is C=C1C=CN([C@@H]2O[C@H](COP(=O)(N[C@@H](C)C(=O)OC(C)C)Oc3ccc(/C=C/C)cc3)[C@@H](O)[C@@]2(C)F)C(=O)N1.C=C1C=CN([C@@H]2O[C@H](COP(=O)(N[C@@H](C)C(=O)OC(C)C)Oc3ccc(C#Cc4ccccc4)cc3)[C@@H](O)[C@@]2(C)F)C(=O)N1.C=C1C=CN([C@@H]2O[C@H](COP(=O)(N[C@@H](C)C(=O)OC(C)C)Oc3ccc(C(=O)/C=C/c4ccccc4)cc3)[C@@H](O)[C@@]2(C)F)C(=O)N1.O=C=O. The van der Waals surface area contributed by atoms with E-state index in [0.29, 0.717) is 22.5 Å². The molecule has 11 rings (SSSR count). The molecular formula is C90H107F3N9O27P3. The highest BCUT2D eigenvalue weighted by atomic mass is 31.2. The topological polar surface area (TPSA) is 458 Å². The van der Waals surface area contributed by atoms with E-state index in [1.54, 1.807) is 84.0 Å². The van der Waals surface area contributed by atoms with Crippen molar-refractivity contribution in [2.24, 2.45) is 0 Å². The second-order valence-electron chi connectivity index (χ2n) is 31.5. The number of aliphatic hydroxyl groups is 3. The highest BCUT2D eigenvalue weighted by Crippen LogP contribution is 2.51. The first-order valence-electron chi connectivity index (χ1n) is 41.1. The molecule has 6 aliphatic heterocycles. The van der Waals surface area contributed by atoms with Crippen molar-refractivity contribution in [3.8, 4) is 29.1 Å². The predicted octanol–water partition coefficient (Wildman–Crippen LogP) is 12.7. The van der Waals surface area contributed by atoms with Crippen LogP contribution in [-0.4, -0.2) is 207 Å². The van der Waals surface area contributed by atoms with Gasteiger partial charge in [0.2, 0.25) is 0 Å². The van der Waals surface area contributed by atoms with Crippen LogP contribution in [0.15, 0.2) is 219 Å². The first-order chi connectivity index (χ1) is 62.1. The molecule has 3 saturated heterocycles. The van der Waals surface area contributed by atoms with Crippen molar-refractivity contribution in [2.45, 2.75) is 199 Å². The highest BCUT2D eigenvalue weighted by Gasteiger charge is 2.61. The molecule has 3 fully saturated rings. The molecule has 18 atom stereocenters. The summed E-state index contributed by atoms with van der Waals surface area (Å²) in [5.74, 6) is 3.93. The van der Waals surface area contributed by atoms with E-state index in [4.69, 9.17) is 65.2 Å². The van der Waals surface area contributed by atoms with Crippen LogP contribution in [0.1, 0.15) is 123 Å². The maximum Gasteiger partial charge on any atom is 0.459 e. The zero-order chi connectivity index (χ0) is 97.4. The summed E-state index contributed by atoms with van der Waals surface area (Å²) in [5, 5.41) is 47.1. The van der Waals surface area contributed by atoms with E-state index in [2.05, 4.69) is 62.8 Å². The van der Waals surface area contributed by atoms with Gasteiger partial charge in [-0.1, -0.05) is 110 Å². The van der Waals surface area contributed by atoms with E-state index in [-0.39, 0.29) is 34.9 Å². The zero-order valence-corrected chi connectivity index (χ0v) is 77.0. The standard InChI is InChI=1S/C32H37FN3O9P.C31H35FN3O8P.C26H35FN3O8P.CO2/c1-20(2)43-29(39)22(4)35-46(41,45-25-14-12-24(13-15-25)26(37)16-11-23-9-7-6-8-10-23)42-19-27-28(38)32(5,33)30(44-27)36-18-17-21(3)34-31(36)40;1-20(2)41-28(37)22(4)34-44(39,43-25-15-13-24(14-16-25)12-11-23-9-7-6-8-10-23)40-19-26-27(36)31(5,32)29(42-26)35-18-17-21(3)33-30(35)38;1-7-8-19-9-11-20(12-10-19)38-39(34,29-18(5)23(32)36-16(2)3)35-15-21-22(31)26(6,27)24(37-21)30-14-13-17(4)28-25(30)33;2-1-3/h6-18,20,22,27-28,30,38H,3,19H2,1-2,4-5H3,(H,34,40)(H,35,41);6-10,13-18,20,22,26-27,29,36H,3,19H2,1-2,4-5H3,(H,33,38)(H,34,39);7-14,16,18,21-22,24,31H,4,15H2,1-3,5-6H3,(H,28,33)(H,29,34);/b16-11+;;8-7+;/t22-,27+,28+,30+,32+,46?;22-,26+,27+,29+,31+,44?;18-,21+,22+,24+,26+,39?;/m000./s1. The van der Waals surface area contributed by atoms with Crippen LogP contribution >= 0.6 is 23.2 Å². The van der Waals surface area contributed by atoms with Gasteiger partial charge in [-0.15, -0.1) is 0 Å². The second kappa shape index (κ2) is 47.1. The van der Waals surface area contributed by atoms with Gasteiger partial charge in [0.15, 0.2) is 41.5 Å². The Hall–Kier alpha value is -11.8. The molecule has 0 bridgehead atoms. The number of nitrogens with zero attached hydrogens (tertiary/aromatic N) is 3. The quantitative estimate of drug-likeness (QED) is 0.00461. The van der Waals surface area contributed by atoms with Gasteiger partial charge >= 0.3 is 65.4 Å². The number of halogens is 3. The molecule has 9 N–H and O–H groups in total. The summed E-state index contributed by atoms with van der Waals surface area (Å²) >= 11 is 0. The smallest absolute Gasteiger partial charge is 0.459 e. The van der Waals surface area contributed by atoms with Gasteiger partial charge in [-0.2, -0.15) is 24.9 Å². The summed E-state index contributed by atoms with van der Waals surface area (Å²) in [6, 6.07) is 31.8. The van der Waals surface area contributed by atoms with E-state index < -0.39 is 188 Å². The van der Waals surface area contributed by atoms with Gasteiger partial charge in [0, 0.05) is 52.4 Å². The summed E-state index contributed by atoms with van der Waals surface area (Å²) in [6.07, 6.45) is -0.169. The molecule has 5 aromatic carbocycles. The van der Waals surface area contributed by atoms with Crippen molar-refractivity contribution in [2.75, 3.05) is 19.8 Å². The minimum absolute atomic E-state index is 0.0142. The van der Waals surface area contributed by atoms with Crippen LogP contribution in [0.25, 0.3) is 12.2 Å². The number of allylic oxidation sites excluding steroid dienone is 5. The molecule has 6 heterocycles. The molecule has 0 aliphatic carbocycles. The number of benzene rings is 5. The molecule has 36 nitrogen and oxygen atoms in total. The van der Waals surface area contributed by atoms with Crippen LogP contribution in [0.4, 0.5) is 27.6 Å². The average Bonchev–Trinajstić information content (AvgIpc) is 1.62. The Morgan fingerprint density at radius 2 is 0.758 bits per heavy atom. The van der Waals surface area contributed by atoms with Crippen molar-refractivity contribution in [3.05, 3.63) is 247 Å². The molecule has 710 valence electrons. The zero-order valence-electron chi connectivity index (χ0n) is 74.3. The largest absolute Gasteiger partial charge is 0.462 e. The van der Waals surface area contributed by atoms with Crippen LogP contribution in [-0.2, 0) is 79.7 Å². The Labute approximate surface area is 761 Å². The number of esters is 3. The van der Waals surface area contributed by atoms with Crippen molar-refractivity contribution in [3.63, 3.8) is 0 Å². The van der Waals surface area contributed by atoms with Crippen molar-refractivity contribution in [1.29, 1.82) is 0 Å². The Morgan fingerprint density at radius 3 is 1.06 bits per heavy atom. The number of carbonyl (C=O) groups is 7. The monoisotopic (exact) mass is 1900 g/mol. The summed E-state index contributed by atoms with van der Waals surface area (Å²) < 4.78 is 155. The number of aliphatic hydroxyl groups excluding tert-OH is 3. The fourth-order valence-corrected chi connectivity index (χ4v) is 17.2. The molecule has 5 aromatic rings. The molecule has 132 heavy (non-hydrogen) atoms. The molecular weight excluding hydrogens is 1790 g/mol. The van der Waals surface area contributed by atoms with E-state index in [9.17, 15) is 62.6 Å². The number of amides is 6. The Morgan fingerprint density at radius 1 is 0.470 bits per heavy atom. The minimum atomic E-state index is -4.46. The lowest BCUT2D eigenvalue weighted by Gasteiger charge is -2.33. The van der Waals surface area contributed by atoms with Gasteiger partial charge < -0.3 is 73.3 Å². The third-order valence-corrected chi connectivity index (χ3v) is 24.3. The van der Waals surface area contributed by atoms with Gasteiger partial charge in [-0.05, 0) is 198 Å². The second-order valence-corrected chi connectivity index (χ2v) is 36.6. The molecule has 0 spiro atoms. The first-order valence-corrected chi connectivity index (χ1v) is 45.8. The number of carbonyl (C=O) groups excluding carboxylic acids is 9. The van der Waals surface area contributed by atoms with Crippen LogP contribution in [0, 0.1) is 11.8 Å². The lowest BCUT2D eigenvalue weighted by Crippen LogP contribution is -2.53. The third kappa shape index (κ3) is 29.6. The summed E-state index contributed by atoms with van der Waals surface area (Å²) in [6.45, 7) is 28.2. The van der Waals surface area contributed by atoms with Gasteiger partial charge in [0.25, 0.3) is 0 Å². The number of nitrogens with one attached hydrogen (secondary N) is 6. The Bertz CT molecular complexity index is 5340. The first kappa shape index (κ1) is 106. The van der Waals surface area contributed by atoms with Crippen molar-refractivity contribution >= 4 is 83.3 Å². The van der Waals surface area contributed by atoms with Crippen molar-refractivity contribution in [1.82, 2.24) is 45.9 Å². The van der Waals surface area contributed by atoms with Gasteiger partial charge in [0.05, 0.1) is 38.1 Å². The average molecular weight is 1900 g/mol. The molecule has 6 aliphatic rings. The molecule has 3 unspecified atom stereocenters. The fourth-order valence-electron chi connectivity index (χ4n) is 12.7. The number of rotatable bonds is 34. The van der Waals surface area contributed by atoms with Gasteiger partial charge in [0.1, 0.15) is 72.0 Å².